The minimum Gasteiger partial charge on any atom is -0.375 e. The van der Waals surface area contributed by atoms with Crippen LogP contribution in [0.4, 0.5) is 0 Å². The highest BCUT2D eigenvalue weighted by molar-refractivity contribution is 7.99. The van der Waals surface area contributed by atoms with Crippen molar-refractivity contribution in [2.45, 2.75) is 57.1 Å². The highest BCUT2D eigenvalue weighted by Gasteiger charge is 2.44. The van der Waals surface area contributed by atoms with E-state index in [1.54, 1.807) is 0 Å². The van der Waals surface area contributed by atoms with Gasteiger partial charge in [-0.2, -0.15) is 11.8 Å². The largest absolute Gasteiger partial charge is 0.375 e. The number of rotatable bonds is 2. The molecule has 19 heavy (non-hydrogen) atoms. The molecule has 0 aromatic carbocycles. The number of nitrogens with one attached hydrogen (secondary N) is 1. The second-order valence-electron chi connectivity index (χ2n) is 6.89. The predicted molar refractivity (Wildman–Crippen MR) is 82.7 cm³/mol. The average molecular weight is 283 g/mol. The van der Waals surface area contributed by atoms with E-state index in [0.29, 0.717) is 0 Å². The van der Waals surface area contributed by atoms with Gasteiger partial charge in [-0.1, -0.05) is 6.92 Å². The summed E-state index contributed by atoms with van der Waals surface area (Å²) < 4.78 is 6.26. The van der Waals surface area contributed by atoms with Crippen LogP contribution >= 0.6 is 11.8 Å². The molecule has 1 N–H and O–H groups in total. The Balaban J connectivity index is 1.65. The molecule has 0 amide bonds. The van der Waals surface area contributed by atoms with Gasteiger partial charge in [0, 0.05) is 12.6 Å². The topological polar surface area (TPSA) is 21.3 Å². The van der Waals surface area contributed by atoms with E-state index in [-0.39, 0.29) is 5.60 Å². The lowest BCUT2D eigenvalue weighted by molar-refractivity contribution is -0.113. The number of hydrogen-bond acceptors (Lipinski definition) is 3. The highest BCUT2D eigenvalue weighted by atomic mass is 32.2. The first kappa shape index (κ1) is 14.2. The Labute approximate surface area is 122 Å². The lowest BCUT2D eigenvalue weighted by atomic mass is 9.73. The third-order valence-corrected chi connectivity index (χ3v) is 7.02. The summed E-state index contributed by atoms with van der Waals surface area (Å²) in [5.74, 6) is 5.33. The first-order valence-electron chi connectivity index (χ1n) is 8.13. The molecule has 0 bridgehead atoms. The van der Waals surface area contributed by atoms with E-state index in [9.17, 15) is 0 Å². The van der Waals surface area contributed by atoms with Gasteiger partial charge in [0.15, 0.2) is 0 Å². The molecule has 3 heteroatoms. The van der Waals surface area contributed by atoms with Gasteiger partial charge in [0.2, 0.25) is 0 Å². The van der Waals surface area contributed by atoms with E-state index in [1.807, 2.05) is 0 Å². The third kappa shape index (κ3) is 2.84. The molecule has 4 unspecified atom stereocenters. The Kier molecular flexibility index (Phi) is 4.45. The Bertz CT molecular complexity index is 298. The molecule has 3 fully saturated rings. The van der Waals surface area contributed by atoms with E-state index in [0.717, 1.165) is 30.4 Å². The molecule has 0 radical (unpaired) electrons. The molecule has 110 valence electrons. The SMILES string of the molecule is CNC1CCC(C2CCOC3(CCSCC3)C2)C1C. The molecule has 2 nitrogen and oxygen atoms in total. The van der Waals surface area contributed by atoms with Crippen LogP contribution in [0.5, 0.6) is 0 Å². The molecule has 1 saturated carbocycles. The summed E-state index contributed by atoms with van der Waals surface area (Å²) in [5, 5.41) is 3.52. The van der Waals surface area contributed by atoms with Crippen LogP contribution in [0.15, 0.2) is 0 Å². The summed E-state index contributed by atoms with van der Waals surface area (Å²) in [6.45, 7) is 3.49. The molecule has 3 rings (SSSR count). The molecule has 4 atom stereocenters. The van der Waals surface area contributed by atoms with Crippen LogP contribution in [0.1, 0.15) is 45.4 Å². The molecule has 2 saturated heterocycles. The summed E-state index contributed by atoms with van der Waals surface area (Å²) in [5.41, 5.74) is 0.269. The van der Waals surface area contributed by atoms with Crippen molar-refractivity contribution in [3.8, 4) is 0 Å². The van der Waals surface area contributed by atoms with Gasteiger partial charge in [-0.15, -0.1) is 0 Å². The van der Waals surface area contributed by atoms with E-state index >= 15 is 0 Å². The third-order valence-electron chi connectivity index (χ3n) is 6.03. The Morgan fingerprint density at radius 2 is 1.95 bits per heavy atom. The van der Waals surface area contributed by atoms with Crippen molar-refractivity contribution in [3.63, 3.8) is 0 Å². The lowest BCUT2D eigenvalue weighted by Crippen LogP contribution is -2.45. The first-order valence-corrected chi connectivity index (χ1v) is 9.28. The van der Waals surface area contributed by atoms with E-state index in [1.165, 1.54) is 50.0 Å². The smallest absolute Gasteiger partial charge is 0.0701 e. The van der Waals surface area contributed by atoms with Crippen molar-refractivity contribution < 1.29 is 4.74 Å². The Morgan fingerprint density at radius 1 is 1.16 bits per heavy atom. The van der Waals surface area contributed by atoms with Gasteiger partial charge >= 0.3 is 0 Å². The van der Waals surface area contributed by atoms with Gasteiger partial charge in [-0.25, -0.2) is 0 Å². The monoisotopic (exact) mass is 283 g/mol. The summed E-state index contributed by atoms with van der Waals surface area (Å²) in [6.07, 6.45) is 8.06. The maximum absolute atomic E-state index is 6.26. The maximum atomic E-state index is 6.26. The fraction of sp³-hybridized carbons (Fsp3) is 1.00. The van der Waals surface area contributed by atoms with Crippen molar-refractivity contribution in [2.75, 3.05) is 25.2 Å². The number of thioether (sulfide) groups is 1. The minimum atomic E-state index is 0.269. The van der Waals surface area contributed by atoms with Gasteiger partial charge in [-0.05, 0) is 74.8 Å². The van der Waals surface area contributed by atoms with Crippen molar-refractivity contribution >= 4 is 11.8 Å². The summed E-state index contributed by atoms with van der Waals surface area (Å²) in [7, 11) is 2.13. The Hall–Kier alpha value is 0.270. The quantitative estimate of drug-likeness (QED) is 0.840. The zero-order chi connectivity index (χ0) is 13.3. The molecule has 2 heterocycles. The van der Waals surface area contributed by atoms with Gasteiger partial charge in [0.25, 0.3) is 0 Å². The van der Waals surface area contributed by atoms with Gasteiger partial charge in [0.05, 0.1) is 5.60 Å². The first-order chi connectivity index (χ1) is 9.24. The van der Waals surface area contributed by atoms with E-state index < -0.39 is 0 Å². The van der Waals surface area contributed by atoms with Gasteiger partial charge in [-0.3, -0.25) is 0 Å². The molecule has 3 aliphatic rings. The maximum Gasteiger partial charge on any atom is 0.0701 e. The summed E-state index contributed by atoms with van der Waals surface area (Å²) in [6, 6.07) is 0.755. The van der Waals surface area contributed by atoms with Crippen LogP contribution in [0.3, 0.4) is 0 Å². The molecular weight excluding hydrogens is 254 g/mol. The van der Waals surface area contributed by atoms with Crippen LogP contribution in [0.2, 0.25) is 0 Å². The van der Waals surface area contributed by atoms with Crippen molar-refractivity contribution in [2.24, 2.45) is 17.8 Å². The van der Waals surface area contributed by atoms with Crippen LogP contribution in [0.25, 0.3) is 0 Å². The summed E-state index contributed by atoms with van der Waals surface area (Å²) in [4.78, 5) is 0. The second-order valence-corrected chi connectivity index (χ2v) is 8.12. The normalized spacial score (nSPS) is 42.6. The molecule has 0 aromatic heterocycles. The molecule has 2 aliphatic heterocycles. The lowest BCUT2D eigenvalue weighted by Gasteiger charge is -2.45. The van der Waals surface area contributed by atoms with Crippen molar-refractivity contribution in [3.05, 3.63) is 0 Å². The van der Waals surface area contributed by atoms with Crippen molar-refractivity contribution in [1.29, 1.82) is 0 Å². The van der Waals surface area contributed by atoms with E-state index in [2.05, 4.69) is 31.1 Å². The van der Waals surface area contributed by atoms with Crippen LogP contribution in [-0.4, -0.2) is 36.8 Å². The van der Waals surface area contributed by atoms with Gasteiger partial charge < -0.3 is 10.1 Å². The minimum absolute atomic E-state index is 0.269. The second kappa shape index (κ2) is 5.95. The zero-order valence-corrected chi connectivity index (χ0v) is 13.3. The van der Waals surface area contributed by atoms with E-state index in [4.69, 9.17) is 4.74 Å². The standard InChI is InChI=1S/C16H29NOS/c1-12-14(3-4-15(12)17-2)13-5-8-18-16(11-13)6-9-19-10-7-16/h12-15,17H,3-11H2,1-2H3. The van der Waals surface area contributed by atoms with Crippen LogP contribution < -0.4 is 5.32 Å². The van der Waals surface area contributed by atoms with Crippen LogP contribution in [-0.2, 0) is 4.74 Å². The molecular formula is C16H29NOS. The fourth-order valence-corrected chi connectivity index (χ4v) is 6.03. The predicted octanol–water partition coefficient (Wildman–Crippen LogP) is 3.31. The Morgan fingerprint density at radius 3 is 2.63 bits per heavy atom. The number of hydrogen-bond donors (Lipinski definition) is 1. The average Bonchev–Trinajstić information content (AvgIpc) is 2.81. The van der Waals surface area contributed by atoms with Crippen LogP contribution in [0, 0.1) is 17.8 Å². The van der Waals surface area contributed by atoms with Gasteiger partial charge in [0.1, 0.15) is 0 Å². The highest BCUT2D eigenvalue weighted by Crippen LogP contribution is 2.47. The summed E-state index contributed by atoms with van der Waals surface area (Å²) >= 11 is 2.11. The number of ether oxygens (including phenoxy) is 1. The molecule has 1 spiro atoms. The zero-order valence-electron chi connectivity index (χ0n) is 12.5. The van der Waals surface area contributed by atoms with Crippen molar-refractivity contribution in [1.82, 2.24) is 5.32 Å². The fourth-order valence-electron chi connectivity index (χ4n) is 4.79. The molecule has 1 aliphatic carbocycles. The molecule has 0 aromatic rings.